The Kier molecular flexibility index (Phi) is 3.95. The first kappa shape index (κ1) is 11.0. The Labute approximate surface area is 85.9 Å². The Bertz CT molecular complexity index is 336. The van der Waals surface area contributed by atoms with Crippen LogP contribution in [0.1, 0.15) is 18.9 Å². The molecule has 0 bridgehead atoms. The van der Waals surface area contributed by atoms with E-state index in [1.165, 1.54) is 12.1 Å². The first-order valence-corrected chi connectivity index (χ1v) is 5.98. The van der Waals surface area contributed by atoms with Gasteiger partial charge in [-0.25, -0.2) is 0 Å². The largest absolute Gasteiger partial charge is 0.504 e. The summed E-state index contributed by atoms with van der Waals surface area (Å²) in [5.41, 5.74) is 0.784. The molecule has 1 atom stereocenters. The summed E-state index contributed by atoms with van der Waals surface area (Å²) in [5, 5.41) is 18.2. The molecule has 0 aliphatic carbocycles. The number of phenolic OH excluding ortho intramolecular Hbond substituents is 2. The molecule has 0 aromatic heterocycles. The molecule has 78 valence electrons. The zero-order chi connectivity index (χ0) is 10.6. The molecular formula is C10H14O3S. The van der Waals surface area contributed by atoms with Gasteiger partial charge in [0.15, 0.2) is 11.5 Å². The summed E-state index contributed by atoms with van der Waals surface area (Å²) in [6.07, 6.45) is 0.886. The summed E-state index contributed by atoms with van der Waals surface area (Å²) in [4.78, 5) is 0. The molecule has 2 N–H and O–H groups in total. The van der Waals surface area contributed by atoms with Crippen molar-refractivity contribution in [3.05, 3.63) is 23.8 Å². The van der Waals surface area contributed by atoms with Crippen molar-refractivity contribution in [1.82, 2.24) is 0 Å². The molecule has 1 rings (SSSR count). The van der Waals surface area contributed by atoms with E-state index in [2.05, 4.69) is 0 Å². The Morgan fingerprint density at radius 3 is 2.57 bits per heavy atom. The highest BCUT2D eigenvalue weighted by Crippen LogP contribution is 2.25. The van der Waals surface area contributed by atoms with Crippen LogP contribution in [0.2, 0.25) is 0 Å². The Morgan fingerprint density at radius 2 is 2.00 bits per heavy atom. The van der Waals surface area contributed by atoms with Crippen LogP contribution in [-0.4, -0.2) is 20.2 Å². The van der Waals surface area contributed by atoms with Crippen LogP contribution in [-0.2, 0) is 16.6 Å². The lowest BCUT2D eigenvalue weighted by molar-refractivity contribution is 0.403. The standard InChI is InChI=1S/C10H14O3S/c1-2-5-14(13)7-8-3-4-9(11)10(12)6-8/h3-4,6,11-12H,2,5,7H2,1H3. The van der Waals surface area contributed by atoms with Crippen molar-refractivity contribution in [2.45, 2.75) is 19.1 Å². The fourth-order valence-corrected chi connectivity index (χ4v) is 2.30. The van der Waals surface area contributed by atoms with Gasteiger partial charge in [0.1, 0.15) is 0 Å². The van der Waals surface area contributed by atoms with Crippen molar-refractivity contribution in [3.63, 3.8) is 0 Å². The van der Waals surface area contributed by atoms with Crippen LogP contribution in [0.15, 0.2) is 18.2 Å². The van der Waals surface area contributed by atoms with Crippen LogP contribution in [0.5, 0.6) is 11.5 Å². The first-order chi connectivity index (χ1) is 6.63. The highest BCUT2D eigenvalue weighted by Gasteiger charge is 2.04. The van der Waals surface area contributed by atoms with Gasteiger partial charge in [-0.1, -0.05) is 13.0 Å². The van der Waals surface area contributed by atoms with Crippen molar-refractivity contribution >= 4 is 10.8 Å². The second-order valence-electron chi connectivity index (χ2n) is 3.11. The molecular weight excluding hydrogens is 200 g/mol. The van der Waals surface area contributed by atoms with Crippen molar-refractivity contribution in [1.29, 1.82) is 0 Å². The van der Waals surface area contributed by atoms with Gasteiger partial charge in [0, 0.05) is 22.3 Å². The monoisotopic (exact) mass is 214 g/mol. The zero-order valence-electron chi connectivity index (χ0n) is 8.06. The molecule has 0 spiro atoms. The van der Waals surface area contributed by atoms with Gasteiger partial charge in [-0.2, -0.15) is 0 Å². The molecule has 0 aliphatic rings. The van der Waals surface area contributed by atoms with Crippen LogP contribution >= 0.6 is 0 Å². The minimum absolute atomic E-state index is 0.143. The maximum atomic E-state index is 11.4. The topological polar surface area (TPSA) is 57.5 Å². The molecule has 4 heteroatoms. The fourth-order valence-electron chi connectivity index (χ4n) is 1.14. The number of hydrogen-bond acceptors (Lipinski definition) is 3. The third-order valence-corrected chi connectivity index (χ3v) is 3.32. The Morgan fingerprint density at radius 1 is 1.29 bits per heavy atom. The number of benzene rings is 1. The predicted molar refractivity (Wildman–Crippen MR) is 56.8 cm³/mol. The molecule has 1 unspecified atom stereocenters. The summed E-state index contributed by atoms with van der Waals surface area (Å²) in [5.74, 6) is 0.801. The van der Waals surface area contributed by atoms with Gasteiger partial charge in [-0.05, 0) is 24.1 Å². The van der Waals surface area contributed by atoms with E-state index in [0.29, 0.717) is 11.5 Å². The third kappa shape index (κ3) is 3.03. The average molecular weight is 214 g/mol. The second-order valence-corrected chi connectivity index (χ2v) is 4.69. The van der Waals surface area contributed by atoms with Crippen molar-refractivity contribution in [2.75, 3.05) is 5.75 Å². The lowest BCUT2D eigenvalue weighted by Gasteiger charge is -2.03. The van der Waals surface area contributed by atoms with E-state index in [-0.39, 0.29) is 11.5 Å². The molecule has 14 heavy (non-hydrogen) atoms. The fraction of sp³-hybridized carbons (Fsp3) is 0.400. The molecule has 0 amide bonds. The van der Waals surface area contributed by atoms with Gasteiger partial charge in [0.05, 0.1) is 0 Å². The Hall–Kier alpha value is -1.03. The average Bonchev–Trinajstić information content (AvgIpc) is 2.12. The Balaban J connectivity index is 2.68. The van der Waals surface area contributed by atoms with Gasteiger partial charge in [-0.3, -0.25) is 4.21 Å². The quantitative estimate of drug-likeness (QED) is 0.751. The molecule has 0 radical (unpaired) electrons. The maximum Gasteiger partial charge on any atom is 0.157 e. The van der Waals surface area contributed by atoms with Crippen LogP contribution in [0.3, 0.4) is 0 Å². The lowest BCUT2D eigenvalue weighted by Crippen LogP contribution is -1.99. The van der Waals surface area contributed by atoms with E-state index in [1.54, 1.807) is 6.07 Å². The molecule has 1 aromatic rings. The normalized spacial score (nSPS) is 12.6. The van der Waals surface area contributed by atoms with Gasteiger partial charge in [0.2, 0.25) is 0 Å². The van der Waals surface area contributed by atoms with E-state index in [1.807, 2.05) is 6.92 Å². The molecule has 0 fully saturated rings. The zero-order valence-corrected chi connectivity index (χ0v) is 8.88. The smallest absolute Gasteiger partial charge is 0.157 e. The van der Waals surface area contributed by atoms with Crippen LogP contribution in [0, 0.1) is 0 Å². The van der Waals surface area contributed by atoms with Gasteiger partial charge in [0.25, 0.3) is 0 Å². The number of phenols is 2. The van der Waals surface area contributed by atoms with E-state index in [4.69, 9.17) is 5.11 Å². The van der Waals surface area contributed by atoms with Gasteiger partial charge < -0.3 is 10.2 Å². The van der Waals surface area contributed by atoms with E-state index >= 15 is 0 Å². The first-order valence-electron chi connectivity index (χ1n) is 4.49. The molecule has 0 saturated carbocycles. The highest BCUT2D eigenvalue weighted by molar-refractivity contribution is 7.84. The summed E-state index contributed by atoms with van der Waals surface area (Å²) >= 11 is 0. The van der Waals surface area contributed by atoms with Crippen molar-refractivity contribution in [2.24, 2.45) is 0 Å². The second kappa shape index (κ2) is 5.00. The number of aromatic hydroxyl groups is 2. The summed E-state index contributed by atoms with van der Waals surface area (Å²) in [6.45, 7) is 1.98. The van der Waals surface area contributed by atoms with Gasteiger partial charge in [-0.15, -0.1) is 0 Å². The van der Waals surface area contributed by atoms with E-state index in [9.17, 15) is 9.32 Å². The lowest BCUT2D eigenvalue weighted by atomic mass is 10.2. The predicted octanol–water partition coefficient (Wildman–Crippen LogP) is 1.76. The summed E-state index contributed by atoms with van der Waals surface area (Å²) < 4.78 is 11.4. The number of hydrogen-bond donors (Lipinski definition) is 2. The van der Waals surface area contributed by atoms with E-state index < -0.39 is 10.8 Å². The molecule has 1 aromatic carbocycles. The van der Waals surface area contributed by atoms with Crippen LogP contribution in [0.4, 0.5) is 0 Å². The molecule has 0 heterocycles. The van der Waals surface area contributed by atoms with E-state index in [0.717, 1.165) is 12.0 Å². The van der Waals surface area contributed by atoms with Gasteiger partial charge >= 0.3 is 0 Å². The minimum atomic E-state index is -0.879. The highest BCUT2D eigenvalue weighted by atomic mass is 32.2. The van der Waals surface area contributed by atoms with Crippen molar-refractivity contribution in [3.8, 4) is 11.5 Å². The summed E-state index contributed by atoms with van der Waals surface area (Å²) in [6, 6.07) is 4.53. The summed E-state index contributed by atoms with van der Waals surface area (Å²) in [7, 11) is -0.879. The minimum Gasteiger partial charge on any atom is -0.504 e. The molecule has 0 saturated heterocycles. The van der Waals surface area contributed by atoms with Crippen LogP contribution in [0.25, 0.3) is 0 Å². The SMILES string of the molecule is CCCS(=O)Cc1ccc(O)c(O)c1. The maximum absolute atomic E-state index is 11.4. The molecule has 3 nitrogen and oxygen atoms in total. The number of rotatable bonds is 4. The third-order valence-electron chi connectivity index (χ3n) is 1.80. The van der Waals surface area contributed by atoms with Crippen LogP contribution < -0.4 is 0 Å². The molecule has 0 aliphatic heterocycles. The van der Waals surface area contributed by atoms with Crippen molar-refractivity contribution < 1.29 is 14.4 Å².